The number of aromatic nitrogens is 3. The second-order valence-corrected chi connectivity index (χ2v) is 7.46. The van der Waals surface area contributed by atoms with E-state index in [1.807, 2.05) is 29.2 Å². The second kappa shape index (κ2) is 6.37. The number of hydrogen-bond acceptors (Lipinski definition) is 5. The molecule has 0 radical (unpaired) electrons. The summed E-state index contributed by atoms with van der Waals surface area (Å²) in [5.74, 6) is 0.791. The SMILES string of the molecule is COc1ccc(C2(C(=O)N3CC(n4cc(C(=O)N(C)C)nn4)C3)CC2)cc1. The van der Waals surface area contributed by atoms with Crippen LogP contribution in [0.15, 0.2) is 30.5 Å². The molecule has 1 aromatic heterocycles. The highest BCUT2D eigenvalue weighted by Crippen LogP contribution is 2.50. The number of likely N-dealkylation sites (tertiary alicyclic amines) is 1. The number of nitrogens with zero attached hydrogens (tertiary/aromatic N) is 5. The zero-order valence-corrected chi connectivity index (χ0v) is 15.8. The maximum absolute atomic E-state index is 13.0. The molecule has 2 heterocycles. The molecule has 2 aliphatic rings. The first-order valence-corrected chi connectivity index (χ1v) is 9.02. The van der Waals surface area contributed by atoms with Crippen molar-refractivity contribution in [2.75, 3.05) is 34.3 Å². The van der Waals surface area contributed by atoms with E-state index in [0.29, 0.717) is 18.8 Å². The fourth-order valence-corrected chi connectivity index (χ4v) is 3.53. The van der Waals surface area contributed by atoms with Gasteiger partial charge >= 0.3 is 0 Å². The molecule has 8 nitrogen and oxygen atoms in total. The highest BCUT2D eigenvalue weighted by atomic mass is 16.5. The molecular formula is C19H23N5O3. The summed E-state index contributed by atoms with van der Waals surface area (Å²) < 4.78 is 6.89. The lowest BCUT2D eigenvalue weighted by Crippen LogP contribution is -2.54. The fraction of sp³-hybridized carbons (Fsp3) is 0.474. The third kappa shape index (κ3) is 2.94. The lowest BCUT2D eigenvalue weighted by Gasteiger charge is -2.41. The molecule has 142 valence electrons. The van der Waals surface area contributed by atoms with Gasteiger partial charge in [0.1, 0.15) is 5.75 Å². The Balaban J connectivity index is 1.40. The number of hydrogen-bond donors (Lipinski definition) is 0. The normalized spacial score (nSPS) is 18.0. The van der Waals surface area contributed by atoms with Crippen molar-refractivity contribution in [3.8, 4) is 5.75 Å². The standard InChI is InChI=1S/C19H23N5O3/c1-22(2)17(25)16-12-24(21-20-16)14-10-23(11-14)18(26)19(8-9-19)13-4-6-15(27-3)7-5-13/h4-7,12,14H,8-11H2,1-3H3. The van der Waals surface area contributed by atoms with Crippen LogP contribution in [0.5, 0.6) is 5.75 Å². The van der Waals surface area contributed by atoms with E-state index in [4.69, 9.17) is 4.74 Å². The molecule has 8 heteroatoms. The lowest BCUT2D eigenvalue weighted by molar-refractivity contribution is -0.140. The van der Waals surface area contributed by atoms with Crippen molar-refractivity contribution >= 4 is 11.8 Å². The average Bonchev–Trinajstić information content (AvgIpc) is 3.32. The van der Waals surface area contributed by atoms with Crippen LogP contribution in [0.25, 0.3) is 0 Å². The van der Waals surface area contributed by atoms with Crippen LogP contribution in [0.2, 0.25) is 0 Å². The van der Waals surface area contributed by atoms with E-state index in [9.17, 15) is 9.59 Å². The van der Waals surface area contributed by atoms with Gasteiger partial charge in [0.15, 0.2) is 5.69 Å². The van der Waals surface area contributed by atoms with Gasteiger partial charge in [-0.05, 0) is 30.5 Å². The first-order valence-electron chi connectivity index (χ1n) is 9.02. The molecule has 0 unspecified atom stereocenters. The first-order chi connectivity index (χ1) is 12.9. The number of carbonyl (C=O) groups excluding carboxylic acids is 2. The van der Waals surface area contributed by atoms with Crippen LogP contribution in [0.4, 0.5) is 0 Å². The first kappa shape index (κ1) is 17.5. The molecule has 1 saturated heterocycles. The number of benzene rings is 1. The molecule has 2 amide bonds. The van der Waals surface area contributed by atoms with E-state index in [-0.39, 0.29) is 23.3 Å². The Bertz CT molecular complexity index is 864. The summed E-state index contributed by atoms with van der Waals surface area (Å²) in [6.45, 7) is 1.19. The molecule has 0 bridgehead atoms. The summed E-state index contributed by atoms with van der Waals surface area (Å²) in [7, 11) is 4.99. The highest BCUT2D eigenvalue weighted by molar-refractivity contribution is 5.92. The van der Waals surface area contributed by atoms with Gasteiger partial charge in [0.2, 0.25) is 5.91 Å². The molecule has 0 atom stereocenters. The van der Waals surface area contributed by atoms with Crippen LogP contribution in [-0.4, -0.2) is 70.9 Å². The predicted octanol–water partition coefficient (Wildman–Crippen LogP) is 1.10. The Hall–Kier alpha value is -2.90. The molecule has 0 spiro atoms. The molecule has 0 N–H and O–H groups in total. The monoisotopic (exact) mass is 369 g/mol. The van der Waals surface area contributed by atoms with Crippen molar-refractivity contribution in [3.63, 3.8) is 0 Å². The van der Waals surface area contributed by atoms with Crippen LogP contribution in [0, 0.1) is 0 Å². The van der Waals surface area contributed by atoms with Gasteiger partial charge in [-0.3, -0.25) is 9.59 Å². The minimum Gasteiger partial charge on any atom is -0.497 e. The average molecular weight is 369 g/mol. The molecule has 4 rings (SSSR count). The Morgan fingerprint density at radius 1 is 1.19 bits per heavy atom. The van der Waals surface area contributed by atoms with Crippen molar-refractivity contribution in [2.24, 2.45) is 0 Å². The van der Waals surface area contributed by atoms with Crippen LogP contribution >= 0.6 is 0 Å². The zero-order chi connectivity index (χ0) is 19.2. The minimum absolute atomic E-state index is 0.0665. The van der Waals surface area contributed by atoms with Crippen LogP contribution < -0.4 is 4.74 Å². The molecule has 1 aromatic carbocycles. The van der Waals surface area contributed by atoms with Crippen molar-refractivity contribution in [2.45, 2.75) is 24.3 Å². The van der Waals surface area contributed by atoms with E-state index in [2.05, 4.69) is 10.3 Å². The summed E-state index contributed by atoms with van der Waals surface area (Å²) in [5, 5.41) is 8.00. The van der Waals surface area contributed by atoms with Crippen LogP contribution in [0.3, 0.4) is 0 Å². The van der Waals surface area contributed by atoms with Gasteiger partial charge < -0.3 is 14.5 Å². The molecule has 1 aliphatic carbocycles. The van der Waals surface area contributed by atoms with Gasteiger partial charge in [-0.2, -0.15) is 0 Å². The fourth-order valence-electron chi connectivity index (χ4n) is 3.53. The molecule has 2 fully saturated rings. The van der Waals surface area contributed by atoms with Gasteiger partial charge in [0.05, 0.1) is 24.8 Å². The molecule has 2 aromatic rings. The second-order valence-electron chi connectivity index (χ2n) is 7.46. The predicted molar refractivity (Wildman–Crippen MR) is 97.6 cm³/mol. The summed E-state index contributed by atoms with van der Waals surface area (Å²) in [4.78, 5) is 28.3. The number of carbonyl (C=O) groups is 2. The van der Waals surface area contributed by atoms with E-state index in [0.717, 1.165) is 24.2 Å². The maximum Gasteiger partial charge on any atom is 0.275 e. The molecule has 1 saturated carbocycles. The maximum atomic E-state index is 13.0. The van der Waals surface area contributed by atoms with Gasteiger partial charge in [-0.1, -0.05) is 17.3 Å². The third-order valence-corrected chi connectivity index (χ3v) is 5.46. The van der Waals surface area contributed by atoms with Gasteiger partial charge in [-0.25, -0.2) is 4.68 Å². The van der Waals surface area contributed by atoms with Crippen LogP contribution in [-0.2, 0) is 10.2 Å². The van der Waals surface area contributed by atoms with Gasteiger partial charge in [-0.15, -0.1) is 5.10 Å². The summed E-state index contributed by atoms with van der Waals surface area (Å²) in [6.07, 6.45) is 3.42. The molecule has 27 heavy (non-hydrogen) atoms. The van der Waals surface area contributed by atoms with Crippen molar-refractivity contribution in [3.05, 3.63) is 41.7 Å². The van der Waals surface area contributed by atoms with E-state index in [1.54, 1.807) is 32.1 Å². The Morgan fingerprint density at radius 3 is 2.41 bits per heavy atom. The smallest absolute Gasteiger partial charge is 0.275 e. The third-order valence-electron chi connectivity index (χ3n) is 5.46. The van der Waals surface area contributed by atoms with Crippen molar-refractivity contribution in [1.82, 2.24) is 24.8 Å². The number of rotatable bonds is 5. The number of ether oxygens (including phenoxy) is 1. The van der Waals surface area contributed by atoms with E-state index >= 15 is 0 Å². The lowest BCUT2D eigenvalue weighted by atomic mass is 9.92. The molecule has 1 aliphatic heterocycles. The summed E-state index contributed by atoms with van der Waals surface area (Å²) >= 11 is 0. The van der Waals surface area contributed by atoms with Gasteiger partial charge in [0, 0.05) is 27.2 Å². The summed E-state index contributed by atoms with van der Waals surface area (Å²) in [5.41, 5.74) is 0.990. The number of methoxy groups -OCH3 is 1. The minimum atomic E-state index is -0.383. The quantitative estimate of drug-likeness (QED) is 0.789. The van der Waals surface area contributed by atoms with Crippen LogP contribution in [0.1, 0.15) is 34.9 Å². The van der Waals surface area contributed by atoms with Gasteiger partial charge in [0.25, 0.3) is 5.91 Å². The van der Waals surface area contributed by atoms with Crippen molar-refractivity contribution in [1.29, 1.82) is 0 Å². The number of amides is 2. The Morgan fingerprint density at radius 2 is 1.85 bits per heavy atom. The van der Waals surface area contributed by atoms with E-state index < -0.39 is 0 Å². The largest absolute Gasteiger partial charge is 0.497 e. The highest BCUT2D eigenvalue weighted by Gasteiger charge is 2.54. The summed E-state index contributed by atoms with van der Waals surface area (Å²) in [6, 6.07) is 7.84. The van der Waals surface area contributed by atoms with E-state index in [1.165, 1.54) is 4.90 Å². The zero-order valence-electron chi connectivity index (χ0n) is 15.8. The topological polar surface area (TPSA) is 80.6 Å². The van der Waals surface area contributed by atoms with Crippen molar-refractivity contribution < 1.29 is 14.3 Å². The Labute approximate surface area is 157 Å². The Kier molecular flexibility index (Phi) is 4.13. The molecular weight excluding hydrogens is 346 g/mol.